The first-order chi connectivity index (χ1) is 8.97. The molecule has 1 rings (SSSR count). The largest absolute Gasteiger partial charge is 0.478 e. The van der Waals surface area contributed by atoms with Crippen LogP contribution in [0.1, 0.15) is 31.1 Å². The lowest BCUT2D eigenvalue weighted by atomic mass is 10.1. The SMILES string of the molecule is CCN(CC)CC(C)Nc1ccc(C(=O)O)cc1N. The Morgan fingerprint density at radius 1 is 1.42 bits per heavy atom. The highest BCUT2D eigenvalue weighted by molar-refractivity contribution is 5.90. The summed E-state index contributed by atoms with van der Waals surface area (Å²) in [6.07, 6.45) is 0. The van der Waals surface area contributed by atoms with Gasteiger partial charge in [0.25, 0.3) is 0 Å². The lowest BCUT2D eigenvalue weighted by molar-refractivity contribution is 0.0697. The minimum absolute atomic E-state index is 0.208. The Morgan fingerprint density at radius 3 is 2.53 bits per heavy atom. The molecule has 0 aliphatic rings. The fraction of sp³-hybridized carbons (Fsp3) is 0.500. The van der Waals surface area contributed by atoms with Crippen LogP contribution in [0, 0.1) is 0 Å². The van der Waals surface area contributed by atoms with Gasteiger partial charge in [-0.15, -0.1) is 0 Å². The van der Waals surface area contributed by atoms with E-state index < -0.39 is 5.97 Å². The first kappa shape index (κ1) is 15.3. The maximum Gasteiger partial charge on any atom is 0.335 e. The normalized spacial score (nSPS) is 12.4. The Hall–Kier alpha value is -1.75. The van der Waals surface area contributed by atoms with Crippen molar-refractivity contribution in [3.05, 3.63) is 23.8 Å². The van der Waals surface area contributed by atoms with Gasteiger partial charge in [0.1, 0.15) is 0 Å². The number of rotatable bonds is 7. The standard InChI is InChI=1S/C14H23N3O2/c1-4-17(5-2)9-10(3)16-13-7-6-11(14(18)19)8-12(13)15/h6-8,10,16H,4-5,9,15H2,1-3H3,(H,18,19). The Labute approximate surface area is 114 Å². The highest BCUT2D eigenvalue weighted by Gasteiger charge is 2.10. The van der Waals surface area contributed by atoms with Gasteiger partial charge < -0.3 is 21.1 Å². The lowest BCUT2D eigenvalue weighted by Gasteiger charge is -2.24. The molecule has 1 aromatic rings. The van der Waals surface area contributed by atoms with Crippen LogP contribution in [-0.2, 0) is 0 Å². The molecule has 0 aromatic heterocycles. The summed E-state index contributed by atoms with van der Waals surface area (Å²) in [5, 5.41) is 12.2. The van der Waals surface area contributed by atoms with Crippen LogP contribution in [0.3, 0.4) is 0 Å². The van der Waals surface area contributed by atoms with Crippen LogP contribution in [-0.4, -0.2) is 41.7 Å². The highest BCUT2D eigenvalue weighted by atomic mass is 16.4. The van der Waals surface area contributed by atoms with Gasteiger partial charge in [0.05, 0.1) is 16.9 Å². The average molecular weight is 265 g/mol. The Balaban J connectivity index is 2.69. The quantitative estimate of drug-likeness (QED) is 0.658. The van der Waals surface area contributed by atoms with E-state index in [1.165, 1.54) is 6.07 Å². The number of hydrogen-bond acceptors (Lipinski definition) is 4. The third-order valence-electron chi connectivity index (χ3n) is 3.13. The lowest BCUT2D eigenvalue weighted by Crippen LogP contribution is -2.34. The van der Waals surface area contributed by atoms with Gasteiger partial charge in [-0.25, -0.2) is 4.79 Å². The van der Waals surface area contributed by atoms with Crippen LogP contribution in [0.25, 0.3) is 0 Å². The monoisotopic (exact) mass is 265 g/mol. The van der Waals surface area contributed by atoms with Gasteiger partial charge >= 0.3 is 5.97 Å². The second-order valence-corrected chi connectivity index (χ2v) is 4.64. The van der Waals surface area contributed by atoms with E-state index in [1.54, 1.807) is 12.1 Å². The smallest absolute Gasteiger partial charge is 0.335 e. The zero-order valence-electron chi connectivity index (χ0n) is 11.8. The van der Waals surface area contributed by atoms with E-state index in [0.29, 0.717) is 5.69 Å². The molecule has 0 fully saturated rings. The molecule has 1 aromatic carbocycles. The van der Waals surface area contributed by atoms with Gasteiger partial charge in [0.15, 0.2) is 0 Å². The van der Waals surface area contributed by atoms with Crippen molar-refractivity contribution in [3.63, 3.8) is 0 Å². The van der Waals surface area contributed by atoms with Crippen molar-refractivity contribution in [2.45, 2.75) is 26.8 Å². The molecule has 4 N–H and O–H groups in total. The molecule has 19 heavy (non-hydrogen) atoms. The van der Waals surface area contributed by atoms with E-state index >= 15 is 0 Å². The molecule has 0 saturated heterocycles. The average Bonchev–Trinajstić information content (AvgIpc) is 2.38. The maximum atomic E-state index is 10.8. The van der Waals surface area contributed by atoms with Gasteiger partial charge in [0.2, 0.25) is 0 Å². The summed E-state index contributed by atoms with van der Waals surface area (Å²) < 4.78 is 0. The molecule has 1 unspecified atom stereocenters. The summed E-state index contributed by atoms with van der Waals surface area (Å²) >= 11 is 0. The number of carboxylic acid groups (broad SMARTS) is 1. The van der Waals surface area contributed by atoms with Crippen LogP contribution in [0.2, 0.25) is 0 Å². The van der Waals surface area contributed by atoms with Gasteiger partial charge in [-0.05, 0) is 38.2 Å². The maximum absolute atomic E-state index is 10.8. The summed E-state index contributed by atoms with van der Waals surface area (Å²) in [4.78, 5) is 13.1. The van der Waals surface area contributed by atoms with Crippen LogP contribution in [0.4, 0.5) is 11.4 Å². The van der Waals surface area contributed by atoms with Crippen molar-refractivity contribution < 1.29 is 9.90 Å². The van der Waals surface area contributed by atoms with Crippen molar-refractivity contribution in [2.75, 3.05) is 30.7 Å². The summed E-state index contributed by atoms with van der Waals surface area (Å²) in [6, 6.07) is 5.01. The van der Waals surface area contributed by atoms with E-state index in [0.717, 1.165) is 25.3 Å². The highest BCUT2D eigenvalue weighted by Crippen LogP contribution is 2.20. The number of carbonyl (C=O) groups is 1. The molecule has 106 valence electrons. The molecule has 0 saturated carbocycles. The Kier molecular flexibility index (Phi) is 5.63. The van der Waals surface area contributed by atoms with Crippen LogP contribution in [0.5, 0.6) is 0 Å². The fourth-order valence-corrected chi connectivity index (χ4v) is 2.01. The molecule has 0 spiro atoms. The number of anilines is 2. The molecular formula is C14H23N3O2. The van der Waals surface area contributed by atoms with Crippen molar-refractivity contribution in [1.82, 2.24) is 4.90 Å². The van der Waals surface area contributed by atoms with Gasteiger partial charge in [-0.1, -0.05) is 13.8 Å². The zero-order chi connectivity index (χ0) is 14.4. The predicted octanol–water partition coefficient (Wildman–Crippen LogP) is 2.11. The molecule has 0 heterocycles. The minimum atomic E-state index is -0.963. The third kappa shape index (κ3) is 4.44. The first-order valence-electron chi connectivity index (χ1n) is 6.59. The van der Waals surface area contributed by atoms with Crippen molar-refractivity contribution >= 4 is 17.3 Å². The van der Waals surface area contributed by atoms with E-state index in [2.05, 4.69) is 31.0 Å². The third-order valence-corrected chi connectivity index (χ3v) is 3.13. The van der Waals surface area contributed by atoms with Crippen molar-refractivity contribution in [3.8, 4) is 0 Å². The molecule has 0 aliphatic heterocycles. The number of aromatic carboxylic acids is 1. The Morgan fingerprint density at radius 2 is 2.05 bits per heavy atom. The summed E-state index contributed by atoms with van der Waals surface area (Å²) in [5.74, 6) is -0.963. The first-order valence-corrected chi connectivity index (χ1v) is 6.59. The van der Waals surface area contributed by atoms with Crippen molar-refractivity contribution in [2.24, 2.45) is 0 Å². The molecule has 0 aliphatic carbocycles. The van der Waals surface area contributed by atoms with Crippen molar-refractivity contribution in [1.29, 1.82) is 0 Å². The number of benzene rings is 1. The second kappa shape index (κ2) is 6.99. The number of hydrogen-bond donors (Lipinski definition) is 3. The van der Waals surface area contributed by atoms with E-state index in [-0.39, 0.29) is 11.6 Å². The summed E-state index contributed by atoms with van der Waals surface area (Å²) in [5.41, 5.74) is 7.32. The van der Waals surface area contributed by atoms with Crippen LogP contribution in [0.15, 0.2) is 18.2 Å². The molecule has 0 bridgehead atoms. The number of nitrogens with two attached hydrogens (primary N) is 1. The summed E-state index contributed by atoms with van der Waals surface area (Å²) in [7, 11) is 0. The number of nitrogens with one attached hydrogen (secondary N) is 1. The molecule has 0 amide bonds. The molecule has 5 nitrogen and oxygen atoms in total. The molecule has 5 heteroatoms. The van der Waals surface area contributed by atoms with E-state index in [1.807, 2.05) is 0 Å². The molecular weight excluding hydrogens is 242 g/mol. The Bertz CT molecular complexity index is 431. The van der Waals surface area contributed by atoms with Crippen LogP contribution >= 0.6 is 0 Å². The zero-order valence-corrected chi connectivity index (χ0v) is 11.8. The number of nitrogens with zero attached hydrogens (tertiary/aromatic N) is 1. The van der Waals surface area contributed by atoms with Gasteiger partial charge in [0, 0.05) is 12.6 Å². The van der Waals surface area contributed by atoms with Crippen LogP contribution < -0.4 is 11.1 Å². The van der Waals surface area contributed by atoms with Gasteiger partial charge in [-0.3, -0.25) is 0 Å². The minimum Gasteiger partial charge on any atom is -0.478 e. The fourth-order valence-electron chi connectivity index (χ4n) is 2.01. The molecule has 0 radical (unpaired) electrons. The number of carboxylic acids is 1. The number of nitrogen functional groups attached to an aromatic ring is 1. The summed E-state index contributed by atoms with van der Waals surface area (Å²) in [6.45, 7) is 9.29. The van der Waals surface area contributed by atoms with E-state index in [4.69, 9.17) is 10.8 Å². The topological polar surface area (TPSA) is 78.6 Å². The second-order valence-electron chi connectivity index (χ2n) is 4.64. The predicted molar refractivity (Wildman–Crippen MR) is 78.7 cm³/mol. The van der Waals surface area contributed by atoms with Gasteiger partial charge in [-0.2, -0.15) is 0 Å². The molecule has 1 atom stereocenters. The van der Waals surface area contributed by atoms with E-state index in [9.17, 15) is 4.79 Å². The number of likely N-dealkylation sites (N-methyl/N-ethyl adjacent to an activating group) is 1.